The maximum Gasteiger partial charge on any atom is 0.183 e. The van der Waals surface area contributed by atoms with Crippen molar-refractivity contribution < 1.29 is 4.52 Å². The van der Waals surface area contributed by atoms with Crippen LogP contribution in [0, 0.1) is 0 Å². The Morgan fingerprint density at radius 3 is 2.46 bits per heavy atom. The van der Waals surface area contributed by atoms with E-state index in [4.69, 9.17) is 16.7 Å². The van der Waals surface area contributed by atoms with E-state index in [1.165, 1.54) is 5.69 Å². The summed E-state index contributed by atoms with van der Waals surface area (Å²) in [5, 5.41) is 11.6. The zero-order valence-electron chi connectivity index (χ0n) is 13.7. The van der Waals surface area contributed by atoms with E-state index in [1.807, 2.05) is 36.4 Å². The highest BCUT2D eigenvalue weighted by Gasteiger charge is 2.09. The number of nitrogens with zero attached hydrogens (tertiary/aromatic N) is 2. The van der Waals surface area contributed by atoms with Gasteiger partial charge in [0.05, 0.1) is 5.39 Å². The van der Waals surface area contributed by atoms with Gasteiger partial charge in [-0.3, -0.25) is 0 Å². The molecule has 0 aliphatic carbocycles. The van der Waals surface area contributed by atoms with E-state index in [9.17, 15) is 0 Å². The molecule has 0 fully saturated rings. The predicted octanol–water partition coefficient (Wildman–Crippen LogP) is 4.48. The molecule has 0 spiro atoms. The molecule has 1 aromatic heterocycles. The third kappa shape index (κ3) is 3.49. The number of rotatable bonds is 5. The van der Waals surface area contributed by atoms with Gasteiger partial charge in [-0.1, -0.05) is 17.3 Å². The second-order valence-electron chi connectivity index (χ2n) is 5.33. The van der Waals surface area contributed by atoms with Crippen LogP contribution in [-0.2, 0) is 0 Å². The Balaban J connectivity index is 1.66. The van der Waals surface area contributed by atoms with Crippen molar-refractivity contribution in [3.8, 4) is 0 Å². The molecule has 5 nitrogen and oxygen atoms in total. The van der Waals surface area contributed by atoms with E-state index in [1.54, 1.807) is 0 Å². The minimum Gasteiger partial charge on any atom is -0.372 e. The van der Waals surface area contributed by atoms with Crippen molar-refractivity contribution in [1.82, 2.24) is 5.16 Å². The standard InChI is InChI=1S/C18H20N4OS/c1-3-22(4-2)14-11-9-13(10-12-14)19-18(24)20-17-15-7-5-6-8-16(15)23-21-17/h5-12H,3-4H2,1-2H3,(H2,19,20,21,24). The van der Waals surface area contributed by atoms with Crippen molar-refractivity contribution in [2.45, 2.75) is 13.8 Å². The molecule has 2 aromatic carbocycles. The number of fused-ring (bicyclic) bond motifs is 1. The maximum atomic E-state index is 5.36. The summed E-state index contributed by atoms with van der Waals surface area (Å²) < 4.78 is 5.26. The topological polar surface area (TPSA) is 53.3 Å². The molecule has 3 aromatic rings. The SMILES string of the molecule is CCN(CC)c1ccc(NC(=S)Nc2noc3ccccc23)cc1. The van der Waals surface area contributed by atoms with Gasteiger partial charge in [0.25, 0.3) is 0 Å². The second-order valence-corrected chi connectivity index (χ2v) is 5.73. The monoisotopic (exact) mass is 340 g/mol. The van der Waals surface area contributed by atoms with Crippen LogP contribution in [0.25, 0.3) is 11.0 Å². The number of nitrogens with one attached hydrogen (secondary N) is 2. The Labute approximate surface area is 146 Å². The van der Waals surface area contributed by atoms with Crippen molar-refractivity contribution in [2.75, 3.05) is 28.6 Å². The Hall–Kier alpha value is -2.60. The average Bonchev–Trinajstić information content (AvgIpc) is 3.00. The lowest BCUT2D eigenvalue weighted by atomic mass is 10.2. The molecule has 0 amide bonds. The molecular formula is C18H20N4OS. The zero-order valence-corrected chi connectivity index (χ0v) is 14.6. The van der Waals surface area contributed by atoms with Gasteiger partial charge in [0.2, 0.25) is 0 Å². The Bertz CT molecular complexity index is 824. The van der Waals surface area contributed by atoms with E-state index >= 15 is 0 Å². The van der Waals surface area contributed by atoms with Crippen molar-refractivity contribution in [1.29, 1.82) is 0 Å². The third-order valence-electron chi connectivity index (χ3n) is 3.86. The molecular weight excluding hydrogens is 320 g/mol. The molecule has 0 saturated heterocycles. The fourth-order valence-electron chi connectivity index (χ4n) is 2.59. The smallest absolute Gasteiger partial charge is 0.183 e. The lowest BCUT2D eigenvalue weighted by molar-refractivity contribution is 0.460. The highest BCUT2D eigenvalue weighted by molar-refractivity contribution is 7.80. The largest absolute Gasteiger partial charge is 0.372 e. The minimum absolute atomic E-state index is 0.477. The van der Waals surface area contributed by atoms with E-state index in [0.717, 1.165) is 29.7 Å². The maximum absolute atomic E-state index is 5.36. The first-order valence-corrected chi connectivity index (χ1v) is 8.39. The predicted molar refractivity (Wildman–Crippen MR) is 104 cm³/mol. The quantitative estimate of drug-likeness (QED) is 0.668. The van der Waals surface area contributed by atoms with Gasteiger partial charge in [-0.15, -0.1) is 0 Å². The van der Waals surface area contributed by atoms with E-state index in [-0.39, 0.29) is 0 Å². The van der Waals surface area contributed by atoms with Gasteiger partial charge in [0.1, 0.15) is 0 Å². The van der Waals surface area contributed by atoms with Crippen molar-refractivity contribution >= 4 is 45.5 Å². The molecule has 6 heteroatoms. The van der Waals surface area contributed by atoms with Crippen molar-refractivity contribution in [3.63, 3.8) is 0 Å². The molecule has 24 heavy (non-hydrogen) atoms. The average molecular weight is 340 g/mol. The summed E-state index contributed by atoms with van der Waals surface area (Å²) in [6.45, 7) is 6.28. The molecule has 1 heterocycles. The molecule has 0 radical (unpaired) electrons. The highest BCUT2D eigenvalue weighted by atomic mass is 32.1. The summed E-state index contributed by atoms with van der Waals surface area (Å²) in [7, 11) is 0. The summed E-state index contributed by atoms with van der Waals surface area (Å²) >= 11 is 5.36. The molecule has 0 aliphatic rings. The van der Waals surface area contributed by atoms with Gasteiger partial charge >= 0.3 is 0 Å². The molecule has 0 aliphatic heterocycles. The molecule has 0 bridgehead atoms. The lowest BCUT2D eigenvalue weighted by Gasteiger charge is -2.21. The van der Waals surface area contributed by atoms with Crippen LogP contribution >= 0.6 is 12.2 Å². The number of aromatic nitrogens is 1. The Kier molecular flexibility index (Phi) is 4.96. The fourth-order valence-corrected chi connectivity index (χ4v) is 2.80. The second kappa shape index (κ2) is 7.31. The summed E-state index contributed by atoms with van der Waals surface area (Å²) in [6.07, 6.45) is 0. The van der Waals surface area contributed by atoms with Gasteiger partial charge in [-0.05, 0) is 62.5 Å². The molecule has 0 atom stereocenters. The number of anilines is 3. The number of para-hydroxylation sites is 1. The first-order valence-electron chi connectivity index (χ1n) is 7.98. The Morgan fingerprint density at radius 1 is 1.04 bits per heavy atom. The van der Waals surface area contributed by atoms with E-state index in [2.05, 4.69) is 46.7 Å². The van der Waals surface area contributed by atoms with Crippen molar-refractivity contribution in [3.05, 3.63) is 48.5 Å². The van der Waals surface area contributed by atoms with E-state index in [0.29, 0.717) is 10.9 Å². The van der Waals surface area contributed by atoms with Crippen LogP contribution in [0.1, 0.15) is 13.8 Å². The van der Waals surface area contributed by atoms with Crippen LogP contribution < -0.4 is 15.5 Å². The fraction of sp³-hybridized carbons (Fsp3) is 0.222. The molecule has 2 N–H and O–H groups in total. The summed E-state index contributed by atoms with van der Waals surface area (Å²) in [5.74, 6) is 0.614. The van der Waals surface area contributed by atoms with Gasteiger partial charge in [-0.2, -0.15) is 0 Å². The molecule has 3 rings (SSSR count). The first kappa shape index (κ1) is 16.3. The highest BCUT2D eigenvalue weighted by Crippen LogP contribution is 2.22. The van der Waals surface area contributed by atoms with Crippen LogP contribution in [0.2, 0.25) is 0 Å². The normalized spacial score (nSPS) is 10.6. The van der Waals surface area contributed by atoms with Crippen LogP contribution in [0.3, 0.4) is 0 Å². The van der Waals surface area contributed by atoms with Crippen LogP contribution in [0.15, 0.2) is 53.1 Å². The zero-order chi connectivity index (χ0) is 16.9. The summed E-state index contributed by atoms with van der Waals surface area (Å²) in [4.78, 5) is 2.29. The Morgan fingerprint density at radius 2 is 1.75 bits per heavy atom. The third-order valence-corrected chi connectivity index (χ3v) is 4.07. The van der Waals surface area contributed by atoms with Gasteiger partial charge in [0, 0.05) is 24.5 Å². The van der Waals surface area contributed by atoms with Crippen LogP contribution in [0.4, 0.5) is 17.2 Å². The number of hydrogen-bond acceptors (Lipinski definition) is 4. The summed E-state index contributed by atoms with van der Waals surface area (Å²) in [6, 6.07) is 15.9. The minimum atomic E-state index is 0.477. The molecule has 124 valence electrons. The number of hydrogen-bond donors (Lipinski definition) is 2. The number of thiocarbonyl (C=S) groups is 1. The van der Waals surface area contributed by atoms with Crippen LogP contribution in [0.5, 0.6) is 0 Å². The molecule has 0 saturated carbocycles. The van der Waals surface area contributed by atoms with E-state index < -0.39 is 0 Å². The van der Waals surface area contributed by atoms with Crippen molar-refractivity contribution in [2.24, 2.45) is 0 Å². The first-order chi connectivity index (χ1) is 11.7. The molecule has 0 unspecified atom stereocenters. The van der Waals surface area contributed by atoms with Gasteiger partial charge in [-0.25, -0.2) is 0 Å². The van der Waals surface area contributed by atoms with Crippen LogP contribution in [-0.4, -0.2) is 23.4 Å². The lowest BCUT2D eigenvalue weighted by Crippen LogP contribution is -2.22. The van der Waals surface area contributed by atoms with Gasteiger partial charge in [0.15, 0.2) is 16.5 Å². The van der Waals surface area contributed by atoms with Gasteiger partial charge < -0.3 is 20.1 Å². The number of benzene rings is 2. The summed E-state index contributed by atoms with van der Waals surface area (Å²) in [5.41, 5.74) is 2.86.